The van der Waals surface area contributed by atoms with Crippen LogP contribution in [0, 0.1) is 6.07 Å². The summed E-state index contributed by atoms with van der Waals surface area (Å²) in [5.74, 6) is 0.492. The van der Waals surface area contributed by atoms with Crippen molar-refractivity contribution in [2.75, 3.05) is 0 Å². The largest absolute Gasteiger partial charge is 0.813 e. The van der Waals surface area contributed by atoms with Gasteiger partial charge in [-0.1, -0.05) is 23.9 Å². The first-order valence-electron chi connectivity index (χ1n) is 7.57. The fourth-order valence-electron chi connectivity index (χ4n) is 2.86. The summed E-state index contributed by atoms with van der Waals surface area (Å²) in [4.78, 5) is 1.42. The number of allylic oxidation sites excluding steroid dienone is 2. The minimum Gasteiger partial charge on any atom is -0.813 e. The molecule has 26 heavy (non-hydrogen) atoms. The Labute approximate surface area is 192 Å². The van der Waals surface area contributed by atoms with Gasteiger partial charge in [0, 0.05) is 0 Å². The molecule has 1 unspecified atom stereocenters. The standard InChI is InChI=1S/C11H6BrS.C9H7.2ClH.H2S.Zr/c12-11-6-9-8-4-2-1-3-7(8)5-10(9)13-11;1-2-5-9-7-3-6-8(9)4-1;;;;/h1-2,4-6,9H;1-7H;2*1H;1H2;/q2*-1;;;;+2/p-3. The number of halogens is 3. The van der Waals surface area contributed by atoms with Crippen molar-refractivity contribution in [3.8, 4) is 0 Å². The summed E-state index contributed by atoms with van der Waals surface area (Å²) in [6.07, 6.45) is 4.49. The molecule has 0 amide bonds. The zero-order valence-electron chi connectivity index (χ0n) is 13.5. The normalized spacial score (nSPS) is 15.9. The van der Waals surface area contributed by atoms with E-state index in [0.717, 1.165) is 0 Å². The van der Waals surface area contributed by atoms with Gasteiger partial charge in [0.15, 0.2) is 0 Å². The number of benzene rings is 2. The Morgan fingerprint density at radius 3 is 2.65 bits per heavy atom. The van der Waals surface area contributed by atoms with Crippen molar-refractivity contribution in [3.05, 3.63) is 92.7 Å². The molecule has 6 heteroatoms. The van der Waals surface area contributed by atoms with Crippen molar-refractivity contribution in [2.45, 2.75) is 5.92 Å². The minimum atomic E-state index is -0.826. The number of rotatable bonds is 0. The van der Waals surface area contributed by atoms with Crippen LogP contribution < -0.4 is 0 Å². The van der Waals surface area contributed by atoms with Crippen molar-refractivity contribution in [1.82, 2.24) is 0 Å². The van der Waals surface area contributed by atoms with Gasteiger partial charge in [-0.05, 0) is 26.8 Å². The molecule has 3 aromatic carbocycles. The van der Waals surface area contributed by atoms with E-state index in [1.165, 1.54) is 30.6 Å². The van der Waals surface area contributed by atoms with Gasteiger partial charge in [0.05, 0.1) is 3.81 Å². The van der Waals surface area contributed by atoms with Crippen LogP contribution >= 0.6 is 44.7 Å². The third-order valence-electron chi connectivity index (χ3n) is 3.91. The topological polar surface area (TPSA) is 0 Å². The van der Waals surface area contributed by atoms with E-state index in [1.807, 2.05) is 17.8 Å². The van der Waals surface area contributed by atoms with E-state index in [-0.39, 0.29) is 13.5 Å². The van der Waals surface area contributed by atoms with Crippen LogP contribution in [0.3, 0.4) is 0 Å². The van der Waals surface area contributed by atoms with Gasteiger partial charge in [-0.3, -0.25) is 0 Å². The van der Waals surface area contributed by atoms with Crippen molar-refractivity contribution in [3.63, 3.8) is 0 Å². The molecular formula is C20H14BrCl2S2Zr-3. The van der Waals surface area contributed by atoms with Crippen LogP contribution in [-0.4, -0.2) is 0 Å². The zero-order chi connectivity index (χ0) is 17.6. The molecule has 0 N–H and O–H groups in total. The molecule has 0 saturated heterocycles. The monoisotopic (exact) mass is 557 g/mol. The summed E-state index contributed by atoms with van der Waals surface area (Å²) in [5.41, 5.74) is 2.64. The van der Waals surface area contributed by atoms with Crippen LogP contribution in [0.15, 0.2) is 75.5 Å². The molecular weight excluding hydrogens is 546 g/mol. The Morgan fingerprint density at radius 2 is 1.88 bits per heavy atom. The minimum absolute atomic E-state index is 0. The van der Waals surface area contributed by atoms with Crippen LogP contribution in [-0.2, 0) is 34.3 Å². The molecule has 0 fully saturated rings. The fourth-order valence-corrected chi connectivity index (χ4v) is 4.61. The van der Waals surface area contributed by atoms with Crippen LogP contribution in [0.1, 0.15) is 17.0 Å². The van der Waals surface area contributed by atoms with Gasteiger partial charge < -0.3 is 13.5 Å². The number of hydrogen-bond donors (Lipinski definition) is 0. The van der Waals surface area contributed by atoms with Crippen LogP contribution in [0.2, 0.25) is 0 Å². The van der Waals surface area contributed by atoms with Crippen molar-refractivity contribution >= 4 is 75.1 Å². The molecule has 5 rings (SSSR count). The van der Waals surface area contributed by atoms with Gasteiger partial charge in [0.2, 0.25) is 0 Å². The van der Waals surface area contributed by atoms with Crippen LogP contribution in [0.4, 0.5) is 0 Å². The number of thiol groups is 1. The summed E-state index contributed by atoms with van der Waals surface area (Å²) in [6, 6.07) is 24.1. The molecule has 3 aromatic rings. The Kier molecular flexibility index (Phi) is 9.71. The van der Waals surface area contributed by atoms with Crippen LogP contribution in [0.5, 0.6) is 0 Å². The summed E-state index contributed by atoms with van der Waals surface area (Å²) in [6.45, 7) is 0. The third-order valence-corrected chi connectivity index (χ3v) is 5.60. The maximum absolute atomic E-state index is 4.93. The van der Waals surface area contributed by atoms with E-state index in [4.69, 9.17) is 17.0 Å². The Morgan fingerprint density at radius 1 is 1.12 bits per heavy atom. The van der Waals surface area contributed by atoms with Gasteiger partial charge in [0.25, 0.3) is 0 Å². The smallest absolute Gasteiger partial charge is 0.0809 e. The molecule has 0 aromatic heterocycles. The summed E-state index contributed by atoms with van der Waals surface area (Å²) >= 11 is 4.50. The predicted molar refractivity (Wildman–Crippen MR) is 121 cm³/mol. The van der Waals surface area contributed by atoms with Crippen LogP contribution in [0.25, 0.3) is 16.8 Å². The van der Waals surface area contributed by atoms with Crippen molar-refractivity contribution < 1.29 is 20.8 Å². The molecule has 0 saturated carbocycles. The number of thioether (sulfide) groups is 1. The Bertz CT molecular complexity index is 891. The van der Waals surface area contributed by atoms with Crippen molar-refractivity contribution in [1.29, 1.82) is 0 Å². The van der Waals surface area contributed by atoms with Crippen molar-refractivity contribution in [2.24, 2.45) is 0 Å². The molecule has 0 spiro atoms. The zero-order valence-corrected chi connectivity index (χ0v) is 20.8. The van der Waals surface area contributed by atoms with E-state index in [2.05, 4.69) is 88.7 Å². The molecule has 1 atom stereocenters. The molecule has 2 aliphatic rings. The maximum Gasteiger partial charge on any atom is -0.0809 e. The molecule has 1 aliphatic carbocycles. The first-order chi connectivity index (χ1) is 12.2. The molecule has 134 valence electrons. The van der Waals surface area contributed by atoms with E-state index in [0.29, 0.717) is 5.92 Å². The van der Waals surface area contributed by atoms with E-state index >= 15 is 0 Å². The fraction of sp³-hybridized carbons (Fsp3) is 0.0500. The third kappa shape index (κ3) is 5.59. The summed E-state index contributed by atoms with van der Waals surface area (Å²) in [5, 5.41) is 2.66. The van der Waals surface area contributed by atoms with E-state index < -0.39 is 20.8 Å². The second-order valence-corrected chi connectivity index (χ2v) is 11.6. The molecule has 1 aliphatic heterocycles. The second-order valence-electron chi connectivity index (χ2n) is 5.36. The molecule has 0 nitrogen and oxygen atoms in total. The quantitative estimate of drug-likeness (QED) is 0.158. The Balaban J connectivity index is 0.000000165. The van der Waals surface area contributed by atoms with Gasteiger partial charge in [0.1, 0.15) is 0 Å². The first-order valence-corrected chi connectivity index (χ1v) is 15.5. The first kappa shape index (κ1) is 22.5. The maximum atomic E-state index is 4.93. The average Bonchev–Trinajstić information content (AvgIpc) is 3.29. The van der Waals surface area contributed by atoms with Gasteiger partial charge >= 0.3 is 37.9 Å². The SMILES string of the molecule is BrC1=CC2C(=Cc3[c-]cccc32)S1.[Cl][Zr][Cl].[SH-].c1ccc2[cH-]ccc2c1. The molecule has 0 radical (unpaired) electrons. The van der Waals surface area contributed by atoms with E-state index in [9.17, 15) is 0 Å². The summed E-state index contributed by atoms with van der Waals surface area (Å²) in [7, 11) is 9.87. The van der Waals surface area contributed by atoms with Gasteiger partial charge in [-0.15, -0.1) is 71.1 Å². The number of hydrogen-bond acceptors (Lipinski definition) is 2. The second kappa shape index (κ2) is 11.2. The Hall–Kier alpha value is 0.173. The molecule has 1 heterocycles. The number of fused-ring (bicyclic) bond motifs is 4. The average molecular weight is 560 g/mol. The van der Waals surface area contributed by atoms with Gasteiger partial charge in [-0.2, -0.15) is 17.5 Å². The van der Waals surface area contributed by atoms with Gasteiger partial charge in [-0.25, -0.2) is 0 Å². The van der Waals surface area contributed by atoms with E-state index in [1.54, 1.807) is 0 Å². The summed E-state index contributed by atoms with van der Waals surface area (Å²) < 4.78 is 1.23. The predicted octanol–water partition coefficient (Wildman–Crippen LogP) is 7.57. The molecule has 0 bridgehead atoms.